The van der Waals surface area contributed by atoms with E-state index in [9.17, 15) is 4.79 Å². The van der Waals surface area contributed by atoms with Gasteiger partial charge >= 0.3 is 0 Å². The summed E-state index contributed by atoms with van der Waals surface area (Å²) in [6.07, 6.45) is 1.92. The third-order valence-electron chi connectivity index (χ3n) is 5.85. The Hall–Kier alpha value is -2.08. The average Bonchev–Trinajstić information content (AvgIpc) is 2.91. The minimum absolute atomic E-state index is 0.0287. The topological polar surface area (TPSA) is 58.8 Å². The van der Waals surface area contributed by atoms with Crippen molar-refractivity contribution < 1.29 is 9.53 Å². The monoisotopic (exact) mass is 413 g/mol. The standard InChI is InChI=1S/C23H28ClN3O2/c24-21-6-2-1-4-18(21)14-27-10-11-29-22-8-7-17(12-20(22)16-27)13-26-9-3-5-19(15-26)23(25)28/h1-2,4,6-8,12,19H,3,5,9-11,13-16H2,(H2,25,28). The van der Waals surface area contributed by atoms with Gasteiger partial charge in [0.1, 0.15) is 12.4 Å². The van der Waals surface area contributed by atoms with Crippen LogP contribution in [-0.4, -0.2) is 41.9 Å². The molecule has 1 amide bonds. The van der Waals surface area contributed by atoms with Gasteiger partial charge < -0.3 is 10.5 Å². The Kier molecular flexibility index (Phi) is 6.38. The van der Waals surface area contributed by atoms with Crippen molar-refractivity contribution >= 4 is 17.5 Å². The average molecular weight is 414 g/mol. The number of nitrogens with zero attached hydrogens (tertiary/aromatic N) is 2. The van der Waals surface area contributed by atoms with Crippen molar-refractivity contribution in [3.63, 3.8) is 0 Å². The summed E-state index contributed by atoms with van der Waals surface area (Å²) >= 11 is 6.36. The number of nitrogens with two attached hydrogens (primary N) is 1. The normalized spacial score (nSPS) is 20.5. The molecule has 1 atom stereocenters. The number of hydrogen-bond donors (Lipinski definition) is 1. The Bertz CT molecular complexity index is 873. The van der Waals surface area contributed by atoms with Gasteiger partial charge in [0, 0.05) is 43.3 Å². The van der Waals surface area contributed by atoms with Gasteiger partial charge in [0.25, 0.3) is 0 Å². The molecule has 0 spiro atoms. The van der Waals surface area contributed by atoms with Gasteiger partial charge in [-0.05, 0) is 48.7 Å². The molecule has 1 unspecified atom stereocenters. The highest BCUT2D eigenvalue weighted by Gasteiger charge is 2.24. The van der Waals surface area contributed by atoms with E-state index >= 15 is 0 Å². The van der Waals surface area contributed by atoms with Gasteiger partial charge in [0.15, 0.2) is 0 Å². The number of carbonyl (C=O) groups excluding carboxylic acids is 1. The summed E-state index contributed by atoms with van der Waals surface area (Å²) in [6, 6.07) is 14.5. The van der Waals surface area contributed by atoms with Gasteiger partial charge in [0.2, 0.25) is 5.91 Å². The third kappa shape index (κ3) is 5.10. The first-order valence-electron chi connectivity index (χ1n) is 10.3. The zero-order valence-electron chi connectivity index (χ0n) is 16.6. The molecule has 154 valence electrons. The molecule has 2 aliphatic rings. The van der Waals surface area contributed by atoms with Crippen molar-refractivity contribution in [1.29, 1.82) is 0 Å². The lowest BCUT2D eigenvalue weighted by atomic mass is 9.97. The fourth-order valence-electron chi connectivity index (χ4n) is 4.29. The molecule has 2 N–H and O–H groups in total. The van der Waals surface area contributed by atoms with Gasteiger partial charge in [0.05, 0.1) is 5.92 Å². The lowest BCUT2D eigenvalue weighted by Gasteiger charge is -2.31. The van der Waals surface area contributed by atoms with E-state index in [1.54, 1.807) is 0 Å². The zero-order valence-corrected chi connectivity index (χ0v) is 17.4. The summed E-state index contributed by atoms with van der Waals surface area (Å²) in [7, 11) is 0. The van der Waals surface area contributed by atoms with Crippen molar-refractivity contribution in [2.24, 2.45) is 11.7 Å². The van der Waals surface area contributed by atoms with Crippen LogP contribution >= 0.6 is 11.6 Å². The largest absolute Gasteiger partial charge is 0.492 e. The number of amides is 1. The van der Waals surface area contributed by atoms with Crippen LogP contribution in [0.2, 0.25) is 5.02 Å². The molecule has 2 aliphatic heterocycles. The molecular weight excluding hydrogens is 386 g/mol. The first kappa shape index (κ1) is 20.2. The summed E-state index contributed by atoms with van der Waals surface area (Å²) in [6.45, 7) is 5.77. The number of benzene rings is 2. The summed E-state index contributed by atoms with van der Waals surface area (Å²) < 4.78 is 5.99. The Labute approximate surface area is 177 Å². The second kappa shape index (κ2) is 9.16. The number of carbonyl (C=O) groups is 1. The Balaban J connectivity index is 1.45. The number of halogens is 1. The van der Waals surface area contributed by atoms with Crippen molar-refractivity contribution in [2.75, 3.05) is 26.2 Å². The molecule has 29 heavy (non-hydrogen) atoms. The molecule has 2 aromatic carbocycles. The van der Waals surface area contributed by atoms with E-state index in [2.05, 4.69) is 34.1 Å². The second-order valence-electron chi connectivity index (χ2n) is 8.07. The van der Waals surface area contributed by atoms with Crippen molar-refractivity contribution in [3.8, 4) is 5.75 Å². The molecule has 0 aliphatic carbocycles. The number of hydrogen-bond acceptors (Lipinski definition) is 4. The highest BCUT2D eigenvalue weighted by atomic mass is 35.5. The summed E-state index contributed by atoms with van der Waals surface area (Å²) in [5.41, 5.74) is 9.11. The summed E-state index contributed by atoms with van der Waals surface area (Å²) in [5.74, 6) is 0.753. The summed E-state index contributed by atoms with van der Waals surface area (Å²) in [4.78, 5) is 16.3. The Morgan fingerprint density at radius 3 is 2.83 bits per heavy atom. The van der Waals surface area contributed by atoms with Crippen LogP contribution < -0.4 is 10.5 Å². The number of piperidine rings is 1. The van der Waals surface area contributed by atoms with Crippen LogP contribution in [0.15, 0.2) is 42.5 Å². The maximum absolute atomic E-state index is 11.6. The van der Waals surface area contributed by atoms with Gasteiger partial charge in [-0.25, -0.2) is 0 Å². The van der Waals surface area contributed by atoms with E-state index in [4.69, 9.17) is 22.1 Å². The molecule has 1 fully saturated rings. The Morgan fingerprint density at radius 1 is 1.14 bits per heavy atom. The Morgan fingerprint density at radius 2 is 2.00 bits per heavy atom. The quantitative estimate of drug-likeness (QED) is 0.815. The van der Waals surface area contributed by atoms with Crippen LogP contribution in [0, 0.1) is 5.92 Å². The molecule has 6 heteroatoms. The van der Waals surface area contributed by atoms with E-state index in [1.807, 2.05) is 18.2 Å². The van der Waals surface area contributed by atoms with Crippen LogP contribution in [-0.2, 0) is 24.4 Å². The van der Waals surface area contributed by atoms with E-state index < -0.39 is 0 Å². The number of primary amides is 1. The van der Waals surface area contributed by atoms with E-state index in [-0.39, 0.29) is 11.8 Å². The number of fused-ring (bicyclic) bond motifs is 1. The SMILES string of the molecule is NC(=O)C1CCCN(Cc2ccc3c(c2)CN(Cc2ccccc2Cl)CCO3)C1. The zero-order chi connectivity index (χ0) is 20.2. The molecular formula is C23H28ClN3O2. The fourth-order valence-corrected chi connectivity index (χ4v) is 4.49. The van der Waals surface area contributed by atoms with Gasteiger partial charge in [-0.3, -0.25) is 14.6 Å². The smallest absolute Gasteiger partial charge is 0.221 e. The van der Waals surface area contributed by atoms with Crippen LogP contribution in [0.25, 0.3) is 0 Å². The van der Waals surface area contributed by atoms with E-state index in [0.717, 1.165) is 68.4 Å². The third-order valence-corrected chi connectivity index (χ3v) is 6.22. The minimum Gasteiger partial charge on any atom is -0.492 e. The van der Waals surface area contributed by atoms with Crippen LogP contribution in [0.5, 0.6) is 5.75 Å². The highest BCUT2D eigenvalue weighted by molar-refractivity contribution is 6.31. The first-order chi connectivity index (χ1) is 14.1. The molecule has 2 aromatic rings. The molecule has 5 nitrogen and oxygen atoms in total. The predicted molar refractivity (Wildman–Crippen MR) is 115 cm³/mol. The fraction of sp³-hybridized carbons (Fsp3) is 0.435. The van der Waals surface area contributed by atoms with Gasteiger partial charge in [-0.1, -0.05) is 35.9 Å². The number of likely N-dealkylation sites (tertiary alicyclic amines) is 1. The highest BCUT2D eigenvalue weighted by Crippen LogP contribution is 2.27. The molecule has 0 radical (unpaired) electrons. The van der Waals surface area contributed by atoms with E-state index in [1.165, 1.54) is 11.1 Å². The number of ether oxygens (including phenoxy) is 1. The van der Waals surface area contributed by atoms with Gasteiger partial charge in [-0.15, -0.1) is 0 Å². The van der Waals surface area contributed by atoms with Crippen LogP contribution in [0.4, 0.5) is 0 Å². The maximum atomic E-state index is 11.6. The molecule has 0 saturated carbocycles. The summed E-state index contributed by atoms with van der Waals surface area (Å²) in [5, 5.41) is 0.806. The van der Waals surface area contributed by atoms with Crippen LogP contribution in [0.3, 0.4) is 0 Å². The predicted octanol–water partition coefficient (Wildman–Crippen LogP) is 3.43. The van der Waals surface area contributed by atoms with Gasteiger partial charge in [-0.2, -0.15) is 0 Å². The second-order valence-corrected chi connectivity index (χ2v) is 8.48. The minimum atomic E-state index is -0.180. The molecule has 1 saturated heterocycles. The maximum Gasteiger partial charge on any atom is 0.221 e. The molecule has 2 heterocycles. The van der Waals surface area contributed by atoms with Crippen molar-refractivity contribution in [3.05, 3.63) is 64.2 Å². The molecule has 4 rings (SSSR count). The molecule has 0 bridgehead atoms. The lowest BCUT2D eigenvalue weighted by Crippen LogP contribution is -2.40. The number of rotatable bonds is 5. The lowest BCUT2D eigenvalue weighted by molar-refractivity contribution is -0.123. The van der Waals surface area contributed by atoms with E-state index in [0.29, 0.717) is 6.61 Å². The first-order valence-corrected chi connectivity index (χ1v) is 10.7. The van der Waals surface area contributed by atoms with Crippen molar-refractivity contribution in [2.45, 2.75) is 32.5 Å². The van der Waals surface area contributed by atoms with Crippen molar-refractivity contribution in [1.82, 2.24) is 9.80 Å². The molecule has 0 aromatic heterocycles. The van der Waals surface area contributed by atoms with Crippen LogP contribution in [0.1, 0.15) is 29.5 Å².